The number of nitrogens with zero attached hydrogens (tertiary/aromatic N) is 2. The zero-order valence-electron chi connectivity index (χ0n) is 17.7. The summed E-state index contributed by atoms with van der Waals surface area (Å²) in [6.45, 7) is 7.18. The Morgan fingerprint density at radius 1 is 1.23 bits per heavy atom. The Labute approximate surface area is 180 Å². The molecule has 3 rings (SSSR count). The number of hydrogen-bond acceptors (Lipinski definition) is 6. The molecule has 0 unspecified atom stereocenters. The summed E-state index contributed by atoms with van der Waals surface area (Å²) in [6.07, 6.45) is 0. The summed E-state index contributed by atoms with van der Waals surface area (Å²) in [5.74, 6) is 3.43. The minimum absolute atomic E-state index is 0.0244. The van der Waals surface area contributed by atoms with E-state index >= 15 is 4.39 Å². The van der Waals surface area contributed by atoms with Crippen molar-refractivity contribution in [3.8, 4) is 11.3 Å². The van der Waals surface area contributed by atoms with Gasteiger partial charge in [-0.2, -0.15) is 0 Å². The molecule has 8 nitrogen and oxygen atoms in total. The van der Waals surface area contributed by atoms with E-state index in [0.29, 0.717) is 23.3 Å². The largest absolute Gasteiger partial charge is 0.397 e. The van der Waals surface area contributed by atoms with Crippen LogP contribution in [-0.4, -0.2) is 30.1 Å². The zero-order chi connectivity index (χ0) is 22.8. The molecular weight excluding hydrogens is 417 g/mol. The maximum Gasteiger partial charge on any atom is 0.279 e. The van der Waals surface area contributed by atoms with Crippen LogP contribution >= 0.6 is 0 Å². The van der Waals surface area contributed by atoms with Crippen LogP contribution in [0.1, 0.15) is 10.4 Å². The molecular formula is C21H26FN5O3Si. The number of benzene rings is 2. The van der Waals surface area contributed by atoms with Gasteiger partial charge in [0.15, 0.2) is 0 Å². The summed E-state index contributed by atoms with van der Waals surface area (Å²) in [5, 5.41) is 0. The van der Waals surface area contributed by atoms with E-state index in [9.17, 15) is 9.59 Å². The molecule has 3 aromatic rings. The molecule has 31 heavy (non-hydrogen) atoms. The monoisotopic (exact) mass is 443 g/mol. The summed E-state index contributed by atoms with van der Waals surface area (Å²) >= 11 is 0. The predicted molar refractivity (Wildman–Crippen MR) is 122 cm³/mol. The summed E-state index contributed by atoms with van der Waals surface area (Å²) in [5.41, 5.74) is 8.03. The lowest BCUT2D eigenvalue weighted by molar-refractivity contribution is 0.0878. The number of hydrazine groups is 1. The molecule has 0 saturated heterocycles. The third-order valence-electron chi connectivity index (χ3n) is 4.85. The lowest BCUT2D eigenvalue weighted by atomic mass is 10.1. The topological polar surface area (TPSA) is 125 Å². The highest BCUT2D eigenvalue weighted by atomic mass is 28.3. The van der Waals surface area contributed by atoms with E-state index in [1.807, 2.05) is 5.43 Å². The fourth-order valence-electron chi connectivity index (χ4n) is 3.09. The quantitative estimate of drug-likeness (QED) is 0.129. The molecule has 10 heteroatoms. The number of amides is 1. The Bertz CT molecular complexity index is 1190. The molecule has 1 heterocycles. The molecule has 0 radical (unpaired) electrons. The van der Waals surface area contributed by atoms with Crippen LogP contribution in [0, 0.1) is 5.82 Å². The van der Waals surface area contributed by atoms with E-state index in [-0.39, 0.29) is 23.6 Å². The Morgan fingerprint density at radius 2 is 1.94 bits per heavy atom. The third kappa shape index (κ3) is 4.81. The Morgan fingerprint density at radius 3 is 2.61 bits per heavy atom. The number of hydrogen-bond donors (Lipinski definition) is 3. The highest BCUT2D eigenvalue weighted by Gasteiger charge is 2.21. The van der Waals surface area contributed by atoms with Crippen molar-refractivity contribution in [2.45, 2.75) is 32.4 Å². The minimum Gasteiger partial charge on any atom is -0.397 e. The maximum atomic E-state index is 15.1. The summed E-state index contributed by atoms with van der Waals surface area (Å²) in [7, 11) is -1.31. The van der Waals surface area contributed by atoms with Gasteiger partial charge in [-0.25, -0.2) is 15.2 Å². The van der Waals surface area contributed by atoms with Crippen molar-refractivity contribution in [1.29, 1.82) is 0 Å². The molecule has 1 aromatic heterocycles. The van der Waals surface area contributed by atoms with Crippen molar-refractivity contribution in [3.05, 3.63) is 58.1 Å². The van der Waals surface area contributed by atoms with Crippen molar-refractivity contribution in [2.24, 2.45) is 5.84 Å². The Kier molecular flexibility index (Phi) is 6.53. The number of aromatic nitrogens is 2. The Balaban J connectivity index is 2.14. The Hall–Kier alpha value is -3.08. The van der Waals surface area contributed by atoms with Gasteiger partial charge in [-0.05, 0) is 30.3 Å². The van der Waals surface area contributed by atoms with Gasteiger partial charge in [0.1, 0.15) is 23.8 Å². The second-order valence-corrected chi connectivity index (χ2v) is 14.0. The summed E-state index contributed by atoms with van der Waals surface area (Å²) in [6, 6.07) is 10.1. The number of fused-ring (bicyclic) bond motifs is 1. The SMILES string of the molecule is C[Si](C)(C)CCOCn1c(=O)c(-c2cccc(C(=O)NN)c2F)nc2c(N)cccc21. The van der Waals surface area contributed by atoms with Gasteiger partial charge < -0.3 is 10.5 Å². The van der Waals surface area contributed by atoms with Crippen LogP contribution in [0.4, 0.5) is 10.1 Å². The number of nitrogen functional groups attached to an aromatic ring is 2. The van der Waals surface area contributed by atoms with Gasteiger partial charge in [0, 0.05) is 20.2 Å². The first kappa shape index (κ1) is 22.6. The number of nitrogens with two attached hydrogens (primary N) is 2. The van der Waals surface area contributed by atoms with Gasteiger partial charge >= 0.3 is 0 Å². The van der Waals surface area contributed by atoms with Gasteiger partial charge in [0.25, 0.3) is 11.5 Å². The van der Waals surface area contributed by atoms with Crippen molar-refractivity contribution in [1.82, 2.24) is 15.0 Å². The lowest BCUT2D eigenvalue weighted by Crippen LogP contribution is -2.31. The molecule has 1 amide bonds. The standard InChI is InChI=1S/C21H26FN5O3Si/c1-31(2,3)11-10-30-12-27-16-9-5-8-15(23)19(16)25-18(21(27)29)13-6-4-7-14(17(13)22)20(28)26-24/h4-9H,10-12,23-24H2,1-3H3,(H,26,28). The molecule has 2 aromatic carbocycles. The minimum atomic E-state index is -1.31. The second-order valence-electron chi connectivity index (χ2n) is 8.40. The summed E-state index contributed by atoms with van der Waals surface area (Å²) in [4.78, 5) is 29.5. The van der Waals surface area contributed by atoms with E-state index in [1.54, 1.807) is 18.2 Å². The summed E-state index contributed by atoms with van der Waals surface area (Å²) < 4.78 is 22.2. The van der Waals surface area contributed by atoms with Crippen LogP contribution in [0.5, 0.6) is 0 Å². The average molecular weight is 444 g/mol. The number of halogens is 1. The van der Waals surface area contributed by atoms with Gasteiger partial charge in [-0.1, -0.05) is 31.8 Å². The smallest absolute Gasteiger partial charge is 0.279 e. The number of anilines is 1. The lowest BCUT2D eigenvalue weighted by Gasteiger charge is -2.17. The molecule has 0 atom stereocenters. The molecule has 0 aliphatic carbocycles. The number of rotatable bonds is 7. The predicted octanol–water partition coefficient (Wildman–Crippen LogP) is 2.70. The first-order valence-electron chi connectivity index (χ1n) is 9.80. The molecule has 0 saturated carbocycles. The van der Waals surface area contributed by atoms with Crippen LogP contribution < -0.4 is 22.6 Å². The third-order valence-corrected chi connectivity index (χ3v) is 6.56. The van der Waals surface area contributed by atoms with Crippen LogP contribution in [0.2, 0.25) is 25.7 Å². The number of para-hydroxylation sites is 1. The van der Waals surface area contributed by atoms with Gasteiger partial charge in [0.05, 0.1) is 16.8 Å². The van der Waals surface area contributed by atoms with Crippen LogP contribution in [-0.2, 0) is 11.5 Å². The van der Waals surface area contributed by atoms with E-state index in [2.05, 4.69) is 24.6 Å². The van der Waals surface area contributed by atoms with E-state index in [1.165, 1.54) is 22.8 Å². The van der Waals surface area contributed by atoms with Crippen molar-refractivity contribution in [3.63, 3.8) is 0 Å². The van der Waals surface area contributed by atoms with E-state index < -0.39 is 25.4 Å². The molecule has 0 spiro atoms. The first-order valence-corrected chi connectivity index (χ1v) is 13.5. The number of ether oxygens (including phenoxy) is 1. The van der Waals surface area contributed by atoms with Crippen LogP contribution in [0.15, 0.2) is 41.2 Å². The van der Waals surface area contributed by atoms with Crippen molar-refractivity contribution >= 4 is 30.7 Å². The first-order chi connectivity index (χ1) is 14.6. The fourth-order valence-corrected chi connectivity index (χ4v) is 3.85. The second kappa shape index (κ2) is 8.96. The molecule has 0 aliphatic rings. The molecule has 164 valence electrons. The normalized spacial score (nSPS) is 11.6. The highest BCUT2D eigenvalue weighted by molar-refractivity contribution is 6.76. The van der Waals surface area contributed by atoms with Gasteiger partial charge in [-0.3, -0.25) is 19.6 Å². The van der Waals surface area contributed by atoms with Crippen molar-refractivity contribution in [2.75, 3.05) is 12.3 Å². The van der Waals surface area contributed by atoms with Crippen molar-refractivity contribution < 1.29 is 13.9 Å². The maximum absolute atomic E-state index is 15.1. The molecule has 5 N–H and O–H groups in total. The van der Waals surface area contributed by atoms with E-state index in [4.69, 9.17) is 16.3 Å². The van der Waals surface area contributed by atoms with Crippen LogP contribution in [0.3, 0.4) is 0 Å². The molecule has 0 fully saturated rings. The molecule has 0 bridgehead atoms. The number of carbonyl (C=O) groups is 1. The fraction of sp³-hybridized carbons (Fsp3) is 0.286. The average Bonchev–Trinajstić information content (AvgIpc) is 2.71. The molecule has 0 aliphatic heterocycles. The van der Waals surface area contributed by atoms with Crippen LogP contribution in [0.25, 0.3) is 22.3 Å². The number of carbonyl (C=O) groups excluding carboxylic acids is 1. The van der Waals surface area contributed by atoms with Gasteiger partial charge in [0.2, 0.25) is 0 Å². The van der Waals surface area contributed by atoms with E-state index in [0.717, 1.165) is 6.04 Å². The van der Waals surface area contributed by atoms with Gasteiger partial charge in [-0.15, -0.1) is 0 Å². The highest BCUT2D eigenvalue weighted by Crippen LogP contribution is 2.25. The number of nitrogens with one attached hydrogen (secondary N) is 1. The zero-order valence-corrected chi connectivity index (χ0v) is 18.7.